The Kier molecular flexibility index (Phi) is 9.20. The maximum absolute atomic E-state index is 13.5. The van der Waals surface area contributed by atoms with E-state index < -0.39 is 0 Å². The van der Waals surface area contributed by atoms with Gasteiger partial charge in [0.15, 0.2) is 5.13 Å². The first-order valence-electron chi connectivity index (χ1n) is 11.4. The molecule has 1 aromatic heterocycles. The van der Waals surface area contributed by atoms with Gasteiger partial charge in [0.25, 0.3) is 0 Å². The topological polar surface area (TPSA) is 74.8 Å². The number of aromatic nitrogens is 1. The Bertz CT molecular complexity index is 861. The molecule has 0 saturated carbocycles. The number of aryl methyl sites for hydroxylation is 2. The summed E-state index contributed by atoms with van der Waals surface area (Å²) in [5, 5.41) is 3.46. The van der Waals surface area contributed by atoms with Gasteiger partial charge in [-0.3, -0.25) is 14.5 Å². The summed E-state index contributed by atoms with van der Waals surface area (Å²) < 4.78 is 5.42. The molecule has 7 nitrogen and oxygen atoms in total. The fraction of sp³-hybridized carbons (Fsp3) is 0.542. The Balaban J connectivity index is 1.67. The van der Waals surface area contributed by atoms with E-state index in [4.69, 9.17) is 4.74 Å². The molecule has 2 amide bonds. The van der Waals surface area contributed by atoms with Crippen molar-refractivity contribution in [3.8, 4) is 0 Å². The Morgan fingerprint density at radius 2 is 1.94 bits per heavy atom. The van der Waals surface area contributed by atoms with Crippen LogP contribution in [-0.4, -0.2) is 72.5 Å². The number of benzene rings is 1. The monoisotopic (exact) mass is 458 g/mol. The van der Waals surface area contributed by atoms with Crippen LogP contribution in [-0.2, 0) is 14.3 Å². The van der Waals surface area contributed by atoms with Gasteiger partial charge in [-0.05, 0) is 32.3 Å². The molecule has 3 rings (SSSR count). The number of carbonyl (C=O) groups is 2. The average molecular weight is 459 g/mol. The molecule has 0 aliphatic carbocycles. The summed E-state index contributed by atoms with van der Waals surface area (Å²) in [6, 6.07) is 9.83. The second kappa shape index (κ2) is 12.1. The summed E-state index contributed by atoms with van der Waals surface area (Å²) in [6.45, 7) is 10.7. The van der Waals surface area contributed by atoms with E-state index in [1.165, 1.54) is 11.3 Å². The highest BCUT2D eigenvalue weighted by Gasteiger charge is 2.26. The molecule has 32 heavy (non-hydrogen) atoms. The molecule has 0 radical (unpaired) electrons. The molecule has 174 valence electrons. The summed E-state index contributed by atoms with van der Waals surface area (Å²) in [6.07, 6.45) is 1.51. The highest BCUT2D eigenvalue weighted by Crippen LogP contribution is 2.23. The van der Waals surface area contributed by atoms with Gasteiger partial charge in [-0.25, -0.2) is 4.98 Å². The number of anilines is 1. The predicted octanol–water partition coefficient (Wildman–Crippen LogP) is 3.44. The van der Waals surface area contributed by atoms with Crippen molar-refractivity contribution in [3.63, 3.8) is 0 Å². The zero-order chi connectivity index (χ0) is 22.9. The summed E-state index contributed by atoms with van der Waals surface area (Å²) in [7, 11) is 0. The van der Waals surface area contributed by atoms with E-state index in [0.29, 0.717) is 18.1 Å². The van der Waals surface area contributed by atoms with Crippen molar-refractivity contribution in [3.05, 3.63) is 46.5 Å². The van der Waals surface area contributed by atoms with E-state index in [9.17, 15) is 9.59 Å². The lowest BCUT2D eigenvalue weighted by Crippen LogP contribution is -2.43. The van der Waals surface area contributed by atoms with Crippen LogP contribution in [0.5, 0.6) is 0 Å². The normalized spacial score (nSPS) is 15.3. The second-order valence-corrected chi connectivity index (χ2v) is 9.35. The van der Waals surface area contributed by atoms with E-state index in [2.05, 4.69) is 15.2 Å². The average Bonchev–Trinajstić information content (AvgIpc) is 3.11. The molecule has 0 bridgehead atoms. The van der Waals surface area contributed by atoms with Gasteiger partial charge >= 0.3 is 0 Å². The van der Waals surface area contributed by atoms with Gasteiger partial charge in [-0.2, -0.15) is 0 Å². The van der Waals surface area contributed by atoms with Crippen LogP contribution in [0.15, 0.2) is 30.3 Å². The zero-order valence-electron chi connectivity index (χ0n) is 19.3. The van der Waals surface area contributed by atoms with Crippen LogP contribution in [0.25, 0.3) is 0 Å². The number of rotatable bonds is 10. The SMILES string of the molecule is CCC(C(=O)N(CCCN1CCOCC1)CC(=O)Nc1nc(C)c(C)s1)c1ccccc1. The molecule has 1 fully saturated rings. The van der Waals surface area contributed by atoms with Crippen molar-refractivity contribution in [2.75, 3.05) is 51.3 Å². The number of morpholine rings is 1. The number of ether oxygens (including phenoxy) is 1. The third-order valence-electron chi connectivity index (χ3n) is 5.84. The van der Waals surface area contributed by atoms with E-state index in [0.717, 1.165) is 55.4 Å². The smallest absolute Gasteiger partial charge is 0.245 e. The minimum atomic E-state index is -0.253. The third-order valence-corrected chi connectivity index (χ3v) is 6.82. The predicted molar refractivity (Wildman–Crippen MR) is 128 cm³/mol. The van der Waals surface area contributed by atoms with Crippen molar-refractivity contribution < 1.29 is 14.3 Å². The number of hydrogen-bond acceptors (Lipinski definition) is 6. The molecule has 1 saturated heterocycles. The second-order valence-electron chi connectivity index (χ2n) is 8.15. The molecular formula is C24H34N4O3S. The largest absolute Gasteiger partial charge is 0.379 e. The first-order valence-corrected chi connectivity index (χ1v) is 12.2. The highest BCUT2D eigenvalue weighted by molar-refractivity contribution is 7.15. The van der Waals surface area contributed by atoms with Crippen molar-refractivity contribution in [2.24, 2.45) is 0 Å². The van der Waals surface area contributed by atoms with Gasteiger partial charge in [-0.1, -0.05) is 37.3 Å². The van der Waals surface area contributed by atoms with Crippen LogP contribution < -0.4 is 5.32 Å². The number of nitrogens with one attached hydrogen (secondary N) is 1. The minimum Gasteiger partial charge on any atom is -0.379 e. The van der Waals surface area contributed by atoms with Crippen LogP contribution in [0, 0.1) is 13.8 Å². The number of nitrogens with zero attached hydrogens (tertiary/aromatic N) is 3. The molecule has 2 heterocycles. The Morgan fingerprint density at radius 1 is 1.22 bits per heavy atom. The Hall–Kier alpha value is -2.29. The number of amides is 2. The quantitative estimate of drug-likeness (QED) is 0.590. The van der Waals surface area contributed by atoms with E-state index in [-0.39, 0.29) is 24.3 Å². The van der Waals surface area contributed by atoms with Crippen LogP contribution in [0.1, 0.15) is 41.8 Å². The Morgan fingerprint density at radius 3 is 2.56 bits per heavy atom. The minimum absolute atomic E-state index is 0.00215. The van der Waals surface area contributed by atoms with Gasteiger partial charge in [0, 0.05) is 31.1 Å². The maximum Gasteiger partial charge on any atom is 0.245 e. The first-order chi connectivity index (χ1) is 15.5. The number of thiazole rings is 1. The Labute approximate surface area is 194 Å². The van der Waals surface area contributed by atoms with Gasteiger partial charge in [0.2, 0.25) is 11.8 Å². The molecule has 1 atom stereocenters. The molecule has 8 heteroatoms. The van der Waals surface area contributed by atoms with Crippen LogP contribution in [0.3, 0.4) is 0 Å². The van der Waals surface area contributed by atoms with Crippen LogP contribution in [0.4, 0.5) is 5.13 Å². The van der Waals surface area contributed by atoms with Gasteiger partial charge in [0.1, 0.15) is 0 Å². The van der Waals surface area contributed by atoms with E-state index >= 15 is 0 Å². The van der Waals surface area contributed by atoms with E-state index in [1.807, 2.05) is 51.1 Å². The highest BCUT2D eigenvalue weighted by atomic mass is 32.1. The molecule has 0 spiro atoms. The molecule has 2 aromatic rings. The number of hydrogen-bond donors (Lipinski definition) is 1. The molecule has 1 aromatic carbocycles. The van der Waals surface area contributed by atoms with Crippen molar-refractivity contribution >= 4 is 28.3 Å². The fourth-order valence-electron chi connectivity index (χ4n) is 3.89. The summed E-state index contributed by atoms with van der Waals surface area (Å²) in [5.74, 6) is -0.458. The lowest BCUT2D eigenvalue weighted by molar-refractivity contribution is -0.136. The van der Waals surface area contributed by atoms with Crippen molar-refractivity contribution in [1.82, 2.24) is 14.8 Å². The van der Waals surface area contributed by atoms with Crippen LogP contribution >= 0.6 is 11.3 Å². The van der Waals surface area contributed by atoms with Crippen molar-refractivity contribution in [1.29, 1.82) is 0 Å². The lowest BCUT2D eigenvalue weighted by Gasteiger charge is -2.29. The third kappa shape index (κ3) is 6.85. The first kappa shape index (κ1) is 24.4. The maximum atomic E-state index is 13.5. The summed E-state index contributed by atoms with van der Waals surface area (Å²) >= 11 is 1.46. The molecule has 1 unspecified atom stereocenters. The summed E-state index contributed by atoms with van der Waals surface area (Å²) in [5.41, 5.74) is 1.91. The van der Waals surface area contributed by atoms with Gasteiger partial charge < -0.3 is 15.0 Å². The van der Waals surface area contributed by atoms with Crippen LogP contribution in [0.2, 0.25) is 0 Å². The van der Waals surface area contributed by atoms with Gasteiger partial charge in [-0.15, -0.1) is 11.3 Å². The van der Waals surface area contributed by atoms with Gasteiger partial charge in [0.05, 0.1) is 31.4 Å². The van der Waals surface area contributed by atoms with E-state index in [1.54, 1.807) is 4.90 Å². The molecule has 1 N–H and O–H groups in total. The number of carbonyl (C=O) groups excluding carboxylic acids is 2. The van der Waals surface area contributed by atoms with Crippen molar-refractivity contribution in [2.45, 2.75) is 39.5 Å². The fourth-order valence-corrected chi connectivity index (χ4v) is 4.72. The zero-order valence-corrected chi connectivity index (χ0v) is 20.1. The molecular weight excluding hydrogens is 424 g/mol. The standard InChI is InChI=1S/C24H34N4O3S/c1-4-21(20-9-6-5-7-10-20)23(30)28(12-8-11-27-13-15-31-16-14-27)17-22(29)26-24-25-18(2)19(3)32-24/h5-7,9-10,21H,4,8,11-17H2,1-3H3,(H,25,26,29). The lowest BCUT2D eigenvalue weighted by atomic mass is 9.95. The molecule has 1 aliphatic rings. The molecule has 1 aliphatic heterocycles. The summed E-state index contributed by atoms with van der Waals surface area (Å²) in [4.78, 5) is 35.8.